The first-order valence-corrected chi connectivity index (χ1v) is 4.32. The van der Waals surface area contributed by atoms with Gasteiger partial charge in [0.25, 0.3) is 0 Å². The van der Waals surface area contributed by atoms with E-state index in [0.717, 1.165) is 0 Å². The van der Waals surface area contributed by atoms with Crippen LogP contribution in [0.15, 0.2) is 12.2 Å². The highest BCUT2D eigenvalue weighted by atomic mass is 16.6. The van der Waals surface area contributed by atoms with Crippen molar-refractivity contribution in [1.82, 2.24) is 0 Å². The van der Waals surface area contributed by atoms with Crippen molar-refractivity contribution in [3.05, 3.63) is 12.2 Å². The van der Waals surface area contributed by atoms with Crippen molar-refractivity contribution in [3.63, 3.8) is 0 Å². The average molecular weight is 202 g/mol. The van der Waals surface area contributed by atoms with Gasteiger partial charge >= 0.3 is 5.97 Å². The van der Waals surface area contributed by atoms with Gasteiger partial charge < -0.3 is 14.6 Å². The molecule has 1 unspecified atom stereocenters. The molecule has 0 aromatic heterocycles. The van der Waals surface area contributed by atoms with Gasteiger partial charge in [0.05, 0.1) is 7.11 Å². The van der Waals surface area contributed by atoms with Gasteiger partial charge in [0.1, 0.15) is 0 Å². The fourth-order valence-corrected chi connectivity index (χ4v) is 1.17. The number of carbonyl (C=O) groups is 1. The molecule has 0 fully saturated rings. The van der Waals surface area contributed by atoms with Crippen molar-refractivity contribution >= 4 is 5.97 Å². The number of aliphatic hydroxyl groups is 1. The second-order valence-electron chi connectivity index (χ2n) is 3.85. The Morgan fingerprint density at radius 2 is 2.00 bits per heavy atom. The van der Waals surface area contributed by atoms with Crippen molar-refractivity contribution in [3.8, 4) is 0 Å². The topological polar surface area (TPSA) is 55.8 Å². The predicted octanol–water partition coefficient (Wildman–Crippen LogP) is 1.10. The normalized spacial score (nSPS) is 13.5. The molecule has 0 heterocycles. The van der Waals surface area contributed by atoms with Crippen LogP contribution in [0.2, 0.25) is 0 Å². The number of ether oxygens (including phenoxy) is 2. The first kappa shape index (κ1) is 13.1. The van der Waals surface area contributed by atoms with Crippen molar-refractivity contribution in [1.29, 1.82) is 0 Å². The summed E-state index contributed by atoms with van der Waals surface area (Å²) in [6.07, 6.45) is -0.599. The van der Waals surface area contributed by atoms with Crippen molar-refractivity contribution in [2.24, 2.45) is 5.41 Å². The molecule has 0 aromatic rings. The highest BCUT2D eigenvalue weighted by Crippen LogP contribution is 2.29. The Hall–Kier alpha value is -0.870. The van der Waals surface area contributed by atoms with Gasteiger partial charge in [0, 0.05) is 18.1 Å². The van der Waals surface area contributed by atoms with Crippen LogP contribution < -0.4 is 0 Å². The minimum atomic E-state index is -0.927. The molecule has 82 valence electrons. The van der Waals surface area contributed by atoms with Crippen LogP contribution in [0.25, 0.3) is 0 Å². The average Bonchev–Trinajstić information content (AvgIpc) is 2.14. The van der Waals surface area contributed by atoms with Crippen molar-refractivity contribution in [2.75, 3.05) is 14.2 Å². The summed E-state index contributed by atoms with van der Waals surface area (Å²) in [5, 5.41) is 9.47. The smallest absolute Gasteiger partial charge is 0.333 e. The van der Waals surface area contributed by atoms with Gasteiger partial charge in [-0.3, -0.25) is 0 Å². The SMILES string of the molecule is C=C(CC(C)(C)C(O)OC)C(=O)OC. The van der Waals surface area contributed by atoms with Gasteiger partial charge in [-0.05, 0) is 6.42 Å². The molecule has 0 amide bonds. The Kier molecular flexibility index (Phi) is 4.80. The molecular weight excluding hydrogens is 184 g/mol. The van der Waals surface area contributed by atoms with E-state index in [1.54, 1.807) is 13.8 Å². The molecule has 0 aliphatic carbocycles. The summed E-state index contributed by atoms with van der Waals surface area (Å²) >= 11 is 0. The summed E-state index contributed by atoms with van der Waals surface area (Å²) in [6, 6.07) is 0. The molecule has 0 bridgehead atoms. The minimum Gasteiger partial charge on any atom is -0.466 e. The summed E-state index contributed by atoms with van der Waals surface area (Å²) in [7, 11) is 2.71. The van der Waals surface area contributed by atoms with Crippen LogP contribution in [0.4, 0.5) is 0 Å². The van der Waals surface area contributed by atoms with Crippen LogP contribution in [-0.2, 0) is 14.3 Å². The maximum absolute atomic E-state index is 11.1. The summed E-state index contributed by atoms with van der Waals surface area (Å²) in [5.41, 5.74) is -0.228. The van der Waals surface area contributed by atoms with E-state index in [2.05, 4.69) is 11.3 Å². The zero-order valence-electron chi connectivity index (χ0n) is 9.16. The number of rotatable bonds is 5. The molecule has 0 spiro atoms. The first-order chi connectivity index (χ1) is 6.35. The van der Waals surface area contributed by atoms with Gasteiger partial charge in [0.15, 0.2) is 6.29 Å². The van der Waals surface area contributed by atoms with E-state index in [1.165, 1.54) is 14.2 Å². The van der Waals surface area contributed by atoms with Crippen LogP contribution in [-0.4, -0.2) is 31.6 Å². The number of aliphatic hydroxyl groups excluding tert-OH is 1. The quantitative estimate of drug-likeness (QED) is 0.412. The molecule has 1 atom stereocenters. The molecule has 0 saturated heterocycles. The Morgan fingerprint density at radius 3 is 2.36 bits per heavy atom. The summed E-state index contributed by atoms with van der Waals surface area (Å²) in [5.74, 6) is -0.457. The van der Waals surface area contributed by atoms with Crippen LogP contribution in [0, 0.1) is 5.41 Å². The lowest BCUT2D eigenvalue weighted by atomic mass is 9.85. The van der Waals surface area contributed by atoms with Gasteiger partial charge in [-0.2, -0.15) is 0 Å². The second-order valence-corrected chi connectivity index (χ2v) is 3.85. The van der Waals surface area contributed by atoms with Crippen molar-refractivity contribution in [2.45, 2.75) is 26.6 Å². The number of carbonyl (C=O) groups excluding carboxylic acids is 1. The molecule has 0 saturated carbocycles. The molecule has 1 N–H and O–H groups in total. The zero-order chi connectivity index (χ0) is 11.4. The molecule has 4 heteroatoms. The van der Waals surface area contributed by atoms with E-state index in [9.17, 15) is 9.90 Å². The Bertz CT molecular complexity index is 220. The highest BCUT2D eigenvalue weighted by molar-refractivity contribution is 5.87. The molecule has 0 radical (unpaired) electrons. The van der Waals surface area contributed by atoms with Gasteiger partial charge in [-0.25, -0.2) is 4.79 Å². The Balaban J connectivity index is 4.36. The number of hydrogen-bond acceptors (Lipinski definition) is 4. The summed E-state index contributed by atoms with van der Waals surface area (Å²) in [4.78, 5) is 11.1. The molecule has 14 heavy (non-hydrogen) atoms. The molecule has 0 aliphatic heterocycles. The third kappa shape index (κ3) is 3.47. The monoisotopic (exact) mass is 202 g/mol. The zero-order valence-corrected chi connectivity index (χ0v) is 9.16. The molecular formula is C10H18O4. The number of hydrogen-bond donors (Lipinski definition) is 1. The summed E-state index contributed by atoms with van der Waals surface area (Å²) in [6.45, 7) is 7.16. The van der Waals surface area contributed by atoms with E-state index >= 15 is 0 Å². The highest BCUT2D eigenvalue weighted by Gasteiger charge is 2.30. The number of methoxy groups -OCH3 is 2. The van der Waals surface area contributed by atoms with Crippen LogP contribution in [0.5, 0.6) is 0 Å². The molecule has 0 rings (SSSR count). The maximum Gasteiger partial charge on any atom is 0.333 e. The predicted molar refractivity (Wildman–Crippen MR) is 52.6 cm³/mol. The lowest BCUT2D eigenvalue weighted by Gasteiger charge is -2.29. The van der Waals surface area contributed by atoms with Crippen LogP contribution in [0.1, 0.15) is 20.3 Å². The largest absolute Gasteiger partial charge is 0.466 e. The lowest BCUT2D eigenvalue weighted by molar-refractivity contribution is -0.149. The second kappa shape index (κ2) is 5.12. The lowest BCUT2D eigenvalue weighted by Crippen LogP contribution is -2.32. The standard InChI is InChI=1S/C10H18O4/c1-7(8(11)13-4)6-10(2,3)9(12)14-5/h9,12H,1,6H2,2-5H3. The third-order valence-electron chi connectivity index (χ3n) is 2.03. The minimum absolute atomic E-state index is 0.327. The van der Waals surface area contributed by atoms with Crippen LogP contribution >= 0.6 is 0 Å². The fourth-order valence-electron chi connectivity index (χ4n) is 1.17. The van der Waals surface area contributed by atoms with Crippen molar-refractivity contribution < 1.29 is 19.4 Å². The maximum atomic E-state index is 11.1. The van der Waals surface area contributed by atoms with Crippen LogP contribution in [0.3, 0.4) is 0 Å². The first-order valence-electron chi connectivity index (χ1n) is 4.32. The van der Waals surface area contributed by atoms with E-state index in [4.69, 9.17) is 4.74 Å². The van der Waals surface area contributed by atoms with E-state index in [1.807, 2.05) is 0 Å². The third-order valence-corrected chi connectivity index (χ3v) is 2.03. The number of esters is 1. The molecule has 0 aromatic carbocycles. The van der Waals surface area contributed by atoms with E-state index in [-0.39, 0.29) is 0 Å². The summed E-state index contributed by atoms with van der Waals surface area (Å²) < 4.78 is 9.30. The Labute approximate surface area is 84.5 Å². The molecule has 4 nitrogen and oxygen atoms in total. The van der Waals surface area contributed by atoms with E-state index < -0.39 is 17.7 Å². The van der Waals surface area contributed by atoms with Gasteiger partial charge in [-0.1, -0.05) is 20.4 Å². The Morgan fingerprint density at radius 1 is 1.50 bits per heavy atom. The van der Waals surface area contributed by atoms with E-state index in [0.29, 0.717) is 12.0 Å². The van der Waals surface area contributed by atoms with Gasteiger partial charge in [-0.15, -0.1) is 0 Å². The molecule has 0 aliphatic rings. The van der Waals surface area contributed by atoms with Gasteiger partial charge in [0.2, 0.25) is 0 Å². The fraction of sp³-hybridized carbons (Fsp3) is 0.700.